The molecule has 23 heavy (non-hydrogen) atoms. The van der Waals surface area contributed by atoms with Gasteiger partial charge in [0.05, 0.1) is 11.0 Å². The van der Waals surface area contributed by atoms with E-state index < -0.39 is 32.3 Å². The zero-order chi connectivity index (χ0) is 17.8. The highest BCUT2D eigenvalue weighted by atomic mass is 32.2. The minimum absolute atomic E-state index is 0.0174. The number of carbonyl (C=O) groups is 1. The van der Waals surface area contributed by atoms with Crippen LogP contribution in [0.1, 0.15) is 30.6 Å². The molecule has 1 aromatic rings. The maximum Gasteiger partial charge on any atom is 0.501 e. The third-order valence-corrected chi connectivity index (χ3v) is 4.59. The third kappa shape index (κ3) is 5.21. The minimum Gasteiger partial charge on any atom is -0.393 e. The highest BCUT2D eigenvalue weighted by Gasteiger charge is 2.46. The molecule has 1 aromatic carbocycles. The summed E-state index contributed by atoms with van der Waals surface area (Å²) in [6.07, 6.45) is -0.0166. The van der Waals surface area contributed by atoms with Gasteiger partial charge in [-0.05, 0) is 43.5 Å². The topological polar surface area (TPSA) is 83.5 Å². The first kappa shape index (κ1) is 19.4. The minimum atomic E-state index is -5.42. The Balaban J connectivity index is 2.76. The Kier molecular flexibility index (Phi) is 6.18. The number of sulfone groups is 1. The molecular formula is C14H18F3NO4S. The Bertz CT molecular complexity index is 639. The van der Waals surface area contributed by atoms with Crippen LogP contribution in [0.5, 0.6) is 0 Å². The molecule has 2 N–H and O–H groups in total. The molecule has 0 aliphatic rings. The number of carbonyl (C=O) groups excluding carboxylic acids is 1. The van der Waals surface area contributed by atoms with Gasteiger partial charge in [-0.3, -0.25) is 4.79 Å². The van der Waals surface area contributed by atoms with Crippen LogP contribution in [-0.2, 0) is 9.84 Å². The Morgan fingerprint density at radius 3 is 2.17 bits per heavy atom. The zero-order valence-corrected chi connectivity index (χ0v) is 13.4. The highest BCUT2D eigenvalue weighted by Crippen LogP contribution is 2.30. The number of aliphatic hydroxyl groups excluding tert-OH is 1. The largest absolute Gasteiger partial charge is 0.501 e. The lowest BCUT2D eigenvalue weighted by Gasteiger charge is -2.14. The molecule has 0 saturated heterocycles. The van der Waals surface area contributed by atoms with Gasteiger partial charge in [-0.15, -0.1) is 0 Å². The fraction of sp³-hybridized carbons (Fsp3) is 0.500. The monoisotopic (exact) mass is 353 g/mol. The molecule has 0 bridgehead atoms. The van der Waals surface area contributed by atoms with E-state index in [-0.39, 0.29) is 18.0 Å². The first-order valence-corrected chi connectivity index (χ1v) is 8.31. The lowest BCUT2D eigenvalue weighted by Crippen LogP contribution is -2.29. The number of nitrogens with one attached hydrogen (secondary N) is 1. The number of rotatable bonds is 6. The van der Waals surface area contributed by atoms with Gasteiger partial charge in [0.25, 0.3) is 15.7 Å². The number of halogens is 3. The van der Waals surface area contributed by atoms with Gasteiger partial charge in [-0.1, -0.05) is 6.92 Å². The van der Waals surface area contributed by atoms with Crippen molar-refractivity contribution >= 4 is 15.7 Å². The smallest absolute Gasteiger partial charge is 0.393 e. The summed E-state index contributed by atoms with van der Waals surface area (Å²) in [5.74, 6) is -0.512. The molecule has 2 atom stereocenters. The number of amides is 1. The van der Waals surface area contributed by atoms with Crippen LogP contribution in [0.3, 0.4) is 0 Å². The first-order valence-electron chi connectivity index (χ1n) is 6.83. The molecule has 5 nitrogen and oxygen atoms in total. The van der Waals surface area contributed by atoms with Crippen molar-refractivity contribution < 1.29 is 31.5 Å². The van der Waals surface area contributed by atoms with Gasteiger partial charge >= 0.3 is 5.51 Å². The van der Waals surface area contributed by atoms with Crippen molar-refractivity contribution in [2.75, 3.05) is 6.54 Å². The van der Waals surface area contributed by atoms with E-state index in [1.54, 1.807) is 6.92 Å². The summed E-state index contributed by atoms with van der Waals surface area (Å²) in [6.45, 7) is 3.73. The molecule has 0 unspecified atom stereocenters. The van der Waals surface area contributed by atoms with Crippen LogP contribution in [-0.4, -0.2) is 37.6 Å². The van der Waals surface area contributed by atoms with Crippen LogP contribution < -0.4 is 5.32 Å². The van der Waals surface area contributed by atoms with Gasteiger partial charge in [-0.2, -0.15) is 13.2 Å². The molecule has 9 heteroatoms. The van der Waals surface area contributed by atoms with E-state index in [1.807, 2.05) is 6.92 Å². The molecule has 1 rings (SSSR count). The maximum atomic E-state index is 12.4. The van der Waals surface area contributed by atoms with Crippen LogP contribution >= 0.6 is 0 Å². The average Bonchev–Trinajstić information content (AvgIpc) is 2.43. The predicted octanol–water partition coefficient (Wildman–Crippen LogP) is 2.12. The molecule has 0 aromatic heterocycles. The zero-order valence-electron chi connectivity index (χ0n) is 12.6. The highest BCUT2D eigenvalue weighted by molar-refractivity contribution is 7.92. The van der Waals surface area contributed by atoms with Gasteiger partial charge < -0.3 is 10.4 Å². The van der Waals surface area contributed by atoms with E-state index in [2.05, 4.69) is 5.32 Å². The van der Waals surface area contributed by atoms with Gasteiger partial charge in [0.15, 0.2) is 0 Å². The number of aliphatic hydroxyl groups is 1. The van der Waals surface area contributed by atoms with Crippen molar-refractivity contribution in [2.45, 2.75) is 36.8 Å². The second-order valence-electron chi connectivity index (χ2n) is 5.37. The molecule has 1 amide bonds. The van der Waals surface area contributed by atoms with Crippen LogP contribution in [0.25, 0.3) is 0 Å². The summed E-state index contributed by atoms with van der Waals surface area (Å²) in [4.78, 5) is 10.9. The van der Waals surface area contributed by atoms with Crippen molar-refractivity contribution in [3.8, 4) is 0 Å². The number of benzene rings is 1. The number of alkyl halides is 3. The van der Waals surface area contributed by atoms with Crippen LogP contribution in [0.2, 0.25) is 0 Å². The Hall–Kier alpha value is -1.61. The molecule has 0 fully saturated rings. The molecule has 0 radical (unpaired) electrons. The van der Waals surface area contributed by atoms with E-state index in [4.69, 9.17) is 0 Å². The molecule has 0 heterocycles. The van der Waals surface area contributed by atoms with Crippen LogP contribution in [0, 0.1) is 5.92 Å². The van der Waals surface area contributed by atoms with Crippen molar-refractivity contribution in [1.82, 2.24) is 5.32 Å². The van der Waals surface area contributed by atoms with Crippen molar-refractivity contribution in [3.63, 3.8) is 0 Å². The molecule has 0 spiro atoms. The number of hydrogen-bond donors (Lipinski definition) is 2. The normalized spacial score (nSPS) is 15.0. The van der Waals surface area contributed by atoms with E-state index in [0.717, 1.165) is 24.3 Å². The van der Waals surface area contributed by atoms with Gasteiger partial charge in [0, 0.05) is 12.1 Å². The summed E-state index contributed by atoms with van der Waals surface area (Å²) < 4.78 is 59.6. The van der Waals surface area contributed by atoms with Crippen molar-refractivity contribution in [2.24, 2.45) is 5.92 Å². The van der Waals surface area contributed by atoms with E-state index in [9.17, 15) is 31.5 Å². The molecular weight excluding hydrogens is 335 g/mol. The van der Waals surface area contributed by atoms with E-state index in [1.165, 1.54) is 0 Å². The van der Waals surface area contributed by atoms with Crippen molar-refractivity contribution in [3.05, 3.63) is 29.8 Å². The quantitative estimate of drug-likeness (QED) is 0.821. The summed E-state index contributed by atoms with van der Waals surface area (Å²) in [5.41, 5.74) is -5.33. The Morgan fingerprint density at radius 2 is 1.74 bits per heavy atom. The second-order valence-corrected chi connectivity index (χ2v) is 7.31. The van der Waals surface area contributed by atoms with Gasteiger partial charge in [-0.25, -0.2) is 8.42 Å². The summed E-state index contributed by atoms with van der Waals surface area (Å²) in [6, 6.07) is 3.54. The Morgan fingerprint density at radius 1 is 1.22 bits per heavy atom. The lowest BCUT2D eigenvalue weighted by molar-refractivity contribution is -0.0436. The first-order chi connectivity index (χ1) is 10.4. The van der Waals surface area contributed by atoms with E-state index >= 15 is 0 Å². The molecule has 0 aliphatic heterocycles. The predicted molar refractivity (Wildman–Crippen MR) is 77.5 cm³/mol. The summed E-state index contributed by atoms with van der Waals surface area (Å²) >= 11 is 0. The molecule has 130 valence electrons. The fourth-order valence-corrected chi connectivity index (χ4v) is 2.72. The summed E-state index contributed by atoms with van der Waals surface area (Å²) in [5, 5.41) is 11.8. The molecule has 0 aliphatic carbocycles. The molecule has 0 saturated carbocycles. The summed E-state index contributed by atoms with van der Waals surface area (Å²) in [7, 11) is -5.42. The maximum absolute atomic E-state index is 12.4. The number of hydrogen-bond acceptors (Lipinski definition) is 4. The van der Waals surface area contributed by atoms with Crippen LogP contribution in [0.15, 0.2) is 29.2 Å². The fourth-order valence-electron chi connectivity index (χ4n) is 1.95. The van der Waals surface area contributed by atoms with Gasteiger partial charge in [0.1, 0.15) is 0 Å². The van der Waals surface area contributed by atoms with Crippen molar-refractivity contribution in [1.29, 1.82) is 0 Å². The average molecular weight is 353 g/mol. The van der Waals surface area contributed by atoms with Gasteiger partial charge in [0.2, 0.25) is 0 Å². The second kappa shape index (κ2) is 7.31. The lowest BCUT2D eigenvalue weighted by atomic mass is 10.0. The Labute approximate surface area is 132 Å². The SMILES string of the molecule is C[C@@H](CNC(=O)c1ccc(S(=O)(=O)C(F)(F)F)cc1)C[C@H](C)O. The van der Waals surface area contributed by atoms with Crippen LogP contribution in [0.4, 0.5) is 13.2 Å². The standard InChI is InChI=1S/C14H18F3NO4S/c1-9(7-10(2)19)8-18-13(20)11-3-5-12(6-4-11)23(21,22)14(15,16)17/h3-6,9-10,19H,7-8H2,1-2H3,(H,18,20)/t9-,10+/m1/s1. The third-order valence-electron chi connectivity index (χ3n) is 3.09. The van der Waals surface area contributed by atoms with E-state index in [0.29, 0.717) is 6.42 Å².